The molecule has 0 aliphatic carbocycles. The van der Waals surface area contributed by atoms with Crippen LogP contribution in [-0.4, -0.2) is 14.0 Å². The van der Waals surface area contributed by atoms with Crippen LogP contribution in [0.4, 0.5) is 0 Å². The van der Waals surface area contributed by atoms with Crippen molar-refractivity contribution in [1.29, 1.82) is 5.26 Å². The standard InChI is InChI=1S/C12H12N2O2S/c1-4-12(2,3)14-17(15,16)11-8-6-5-7-10(11)9-13/h1,5-8,14H,2-3H3. The summed E-state index contributed by atoms with van der Waals surface area (Å²) in [5, 5.41) is 8.85. The molecule has 1 N–H and O–H groups in total. The molecule has 0 aromatic heterocycles. The molecule has 0 aliphatic rings. The Kier molecular flexibility index (Phi) is 3.57. The maximum Gasteiger partial charge on any atom is 0.243 e. The minimum Gasteiger partial charge on any atom is -0.207 e. The van der Waals surface area contributed by atoms with Gasteiger partial charge in [0.25, 0.3) is 0 Å². The molecule has 0 aliphatic heterocycles. The lowest BCUT2D eigenvalue weighted by Gasteiger charge is -2.19. The lowest BCUT2D eigenvalue weighted by Crippen LogP contribution is -2.42. The first-order valence-electron chi connectivity index (χ1n) is 4.83. The number of terminal acetylenes is 1. The van der Waals surface area contributed by atoms with Gasteiger partial charge in [0.15, 0.2) is 0 Å². The lowest BCUT2D eigenvalue weighted by molar-refractivity contribution is 0.539. The molecule has 0 spiro atoms. The van der Waals surface area contributed by atoms with E-state index in [1.807, 2.05) is 6.07 Å². The zero-order chi connectivity index (χ0) is 13.1. The van der Waals surface area contributed by atoms with Crippen LogP contribution in [0.25, 0.3) is 0 Å². The van der Waals surface area contributed by atoms with Crippen LogP contribution >= 0.6 is 0 Å². The third-order valence-electron chi connectivity index (χ3n) is 2.05. The summed E-state index contributed by atoms with van der Waals surface area (Å²) in [4.78, 5) is -0.0641. The van der Waals surface area contributed by atoms with Gasteiger partial charge in [0.05, 0.1) is 16.0 Å². The van der Waals surface area contributed by atoms with E-state index >= 15 is 0 Å². The zero-order valence-corrected chi connectivity index (χ0v) is 10.4. The quantitative estimate of drug-likeness (QED) is 0.818. The molecule has 0 unspecified atom stereocenters. The molecule has 17 heavy (non-hydrogen) atoms. The number of hydrogen-bond acceptors (Lipinski definition) is 3. The van der Waals surface area contributed by atoms with E-state index in [0.717, 1.165) is 0 Å². The van der Waals surface area contributed by atoms with E-state index in [1.165, 1.54) is 12.1 Å². The van der Waals surface area contributed by atoms with Crippen LogP contribution < -0.4 is 4.72 Å². The molecular formula is C12H12N2O2S. The van der Waals surface area contributed by atoms with Crippen LogP contribution in [0, 0.1) is 23.7 Å². The smallest absolute Gasteiger partial charge is 0.207 e. The molecule has 4 nitrogen and oxygen atoms in total. The van der Waals surface area contributed by atoms with Gasteiger partial charge >= 0.3 is 0 Å². The Morgan fingerprint density at radius 2 is 1.94 bits per heavy atom. The van der Waals surface area contributed by atoms with Crippen LogP contribution in [0.15, 0.2) is 29.2 Å². The van der Waals surface area contributed by atoms with Crippen molar-refractivity contribution in [1.82, 2.24) is 4.72 Å². The minimum absolute atomic E-state index is 0.0641. The highest BCUT2D eigenvalue weighted by atomic mass is 32.2. The van der Waals surface area contributed by atoms with E-state index in [-0.39, 0.29) is 10.5 Å². The van der Waals surface area contributed by atoms with Crippen molar-refractivity contribution in [3.8, 4) is 18.4 Å². The van der Waals surface area contributed by atoms with Crippen LogP contribution in [0.3, 0.4) is 0 Å². The summed E-state index contributed by atoms with van der Waals surface area (Å²) >= 11 is 0. The number of nitriles is 1. The molecule has 0 atom stereocenters. The highest BCUT2D eigenvalue weighted by molar-refractivity contribution is 7.89. The number of nitrogens with zero attached hydrogens (tertiary/aromatic N) is 1. The largest absolute Gasteiger partial charge is 0.243 e. The van der Waals surface area contributed by atoms with Crippen molar-refractivity contribution < 1.29 is 8.42 Å². The van der Waals surface area contributed by atoms with Crippen molar-refractivity contribution in [2.45, 2.75) is 24.3 Å². The van der Waals surface area contributed by atoms with Gasteiger partial charge in [0, 0.05) is 0 Å². The summed E-state index contributed by atoms with van der Waals surface area (Å²) in [7, 11) is -3.79. The van der Waals surface area contributed by atoms with Gasteiger partial charge in [0.1, 0.15) is 6.07 Å². The predicted molar refractivity (Wildman–Crippen MR) is 64.4 cm³/mol. The summed E-state index contributed by atoms with van der Waals surface area (Å²) in [5.41, 5.74) is -0.908. The molecule has 1 rings (SSSR count). The van der Waals surface area contributed by atoms with Gasteiger partial charge in [-0.2, -0.15) is 9.98 Å². The molecule has 0 radical (unpaired) electrons. The molecule has 1 aromatic carbocycles. The summed E-state index contributed by atoms with van der Waals surface area (Å²) < 4.78 is 26.4. The Balaban J connectivity index is 3.26. The van der Waals surface area contributed by atoms with E-state index in [4.69, 9.17) is 11.7 Å². The molecule has 5 heteroatoms. The monoisotopic (exact) mass is 248 g/mol. The normalized spacial score (nSPS) is 11.5. The van der Waals surface area contributed by atoms with E-state index in [9.17, 15) is 8.42 Å². The fourth-order valence-electron chi connectivity index (χ4n) is 1.21. The molecule has 88 valence electrons. The maximum atomic E-state index is 12.0. The van der Waals surface area contributed by atoms with Crippen LogP contribution in [-0.2, 0) is 10.0 Å². The van der Waals surface area contributed by atoms with Gasteiger partial charge in [-0.3, -0.25) is 0 Å². The van der Waals surface area contributed by atoms with Gasteiger partial charge in [-0.1, -0.05) is 18.1 Å². The Hall–Kier alpha value is -1.82. The average Bonchev–Trinajstić information content (AvgIpc) is 2.28. The number of nitrogens with one attached hydrogen (secondary N) is 1. The predicted octanol–water partition coefficient (Wildman–Crippen LogP) is 1.25. The van der Waals surface area contributed by atoms with E-state index in [2.05, 4.69) is 10.6 Å². The van der Waals surface area contributed by atoms with Crippen molar-refractivity contribution in [2.24, 2.45) is 0 Å². The van der Waals surface area contributed by atoms with Crippen molar-refractivity contribution in [2.75, 3.05) is 0 Å². The molecule has 0 heterocycles. The topological polar surface area (TPSA) is 70.0 Å². The summed E-state index contributed by atoms with van der Waals surface area (Å²) in [5.74, 6) is 2.33. The minimum atomic E-state index is -3.79. The maximum absolute atomic E-state index is 12.0. The Bertz CT molecular complexity index is 604. The lowest BCUT2D eigenvalue weighted by atomic mass is 10.1. The van der Waals surface area contributed by atoms with Gasteiger partial charge in [-0.05, 0) is 26.0 Å². The molecule has 1 aromatic rings. The third-order valence-corrected chi connectivity index (χ3v) is 3.76. The molecule has 0 fully saturated rings. The van der Waals surface area contributed by atoms with E-state index in [0.29, 0.717) is 0 Å². The number of benzene rings is 1. The first-order chi connectivity index (χ1) is 7.82. The van der Waals surface area contributed by atoms with E-state index < -0.39 is 15.6 Å². The third kappa shape index (κ3) is 3.07. The molecule has 0 saturated heterocycles. The first kappa shape index (κ1) is 13.2. The van der Waals surface area contributed by atoms with E-state index in [1.54, 1.807) is 26.0 Å². The second-order valence-electron chi connectivity index (χ2n) is 3.98. The SMILES string of the molecule is C#CC(C)(C)NS(=O)(=O)c1ccccc1C#N. The van der Waals surface area contributed by atoms with Crippen molar-refractivity contribution in [3.63, 3.8) is 0 Å². The molecule has 0 bridgehead atoms. The van der Waals surface area contributed by atoms with Crippen molar-refractivity contribution in [3.05, 3.63) is 29.8 Å². The fraction of sp³-hybridized carbons (Fsp3) is 0.250. The van der Waals surface area contributed by atoms with Crippen LogP contribution in [0.1, 0.15) is 19.4 Å². The Morgan fingerprint density at radius 1 is 1.35 bits per heavy atom. The highest BCUT2D eigenvalue weighted by Crippen LogP contribution is 2.16. The molecular weight excluding hydrogens is 236 g/mol. The van der Waals surface area contributed by atoms with Gasteiger partial charge < -0.3 is 0 Å². The average molecular weight is 248 g/mol. The Labute approximate surface area is 101 Å². The van der Waals surface area contributed by atoms with Crippen molar-refractivity contribution >= 4 is 10.0 Å². The molecule has 0 saturated carbocycles. The highest BCUT2D eigenvalue weighted by Gasteiger charge is 2.25. The number of rotatable bonds is 3. The van der Waals surface area contributed by atoms with Gasteiger partial charge in [-0.15, -0.1) is 6.42 Å². The Morgan fingerprint density at radius 3 is 2.47 bits per heavy atom. The van der Waals surface area contributed by atoms with Gasteiger partial charge in [0.2, 0.25) is 10.0 Å². The van der Waals surface area contributed by atoms with Crippen LogP contribution in [0.2, 0.25) is 0 Å². The molecule has 0 amide bonds. The summed E-state index contributed by atoms with van der Waals surface area (Å²) in [6.07, 6.45) is 5.22. The zero-order valence-electron chi connectivity index (χ0n) is 9.56. The number of sulfonamides is 1. The van der Waals surface area contributed by atoms with Gasteiger partial charge in [-0.25, -0.2) is 8.42 Å². The second-order valence-corrected chi connectivity index (χ2v) is 5.63. The first-order valence-corrected chi connectivity index (χ1v) is 6.31. The summed E-state index contributed by atoms with van der Waals surface area (Å²) in [6, 6.07) is 7.80. The number of hydrogen-bond donors (Lipinski definition) is 1. The summed E-state index contributed by atoms with van der Waals surface area (Å²) in [6.45, 7) is 3.14. The second kappa shape index (κ2) is 4.58. The fourth-order valence-corrected chi connectivity index (χ4v) is 2.72. The van der Waals surface area contributed by atoms with Crippen LogP contribution in [0.5, 0.6) is 0 Å².